The van der Waals surface area contributed by atoms with Gasteiger partial charge in [0.25, 0.3) is 0 Å². The number of hydrogen-bond acceptors (Lipinski definition) is 5. The van der Waals surface area contributed by atoms with E-state index in [1.54, 1.807) is 0 Å². The average molecular weight is 666 g/mol. The summed E-state index contributed by atoms with van der Waals surface area (Å²) in [6.07, 6.45) is 5.47. The summed E-state index contributed by atoms with van der Waals surface area (Å²) in [7, 11) is 1.96. The third-order valence-corrected chi connectivity index (χ3v) is 13.0. The van der Waals surface area contributed by atoms with Crippen molar-refractivity contribution in [3.05, 3.63) is 35.9 Å². The van der Waals surface area contributed by atoms with Crippen LogP contribution < -0.4 is 10.7 Å². The van der Waals surface area contributed by atoms with Crippen molar-refractivity contribution in [1.82, 2.24) is 15.8 Å². The summed E-state index contributed by atoms with van der Waals surface area (Å²) in [6, 6.07) is 10.3. The lowest BCUT2D eigenvalue weighted by Crippen LogP contribution is -2.55. The fourth-order valence-electron chi connectivity index (χ4n) is 10.6. The van der Waals surface area contributed by atoms with Crippen LogP contribution in [0, 0.1) is 45.3 Å². The molecule has 2 amide bonds. The molecule has 4 aliphatic rings. The van der Waals surface area contributed by atoms with Crippen molar-refractivity contribution in [3.63, 3.8) is 0 Å². The zero-order valence-electron chi connectivity index (χ0n) is 32.5. The molecule has 2 N–H and O–H groups in total. The predicted octanol–water partition coefficient (Wildman–Crippen LogP) is 7.58. The Morgan fingerprint density at radius 1 is 0.792 bits per heavy atom. The maximum absolute atomic E-state index is 14.7. The zero-order valence-corrected chi connectivity index (χ0v) is 32.5. The molecule has 0 aliphatic heterocycles. The number of nitrogens with zero attached hydrogens (tertiary/aromatic N) is 1. The third-order valence-electron chi connectivity index (χ3n) is 13.0. The van der Waals surface area contributed by atoms with Gasteiger partial charge < -0.3 is 14.8 Å². The average Bonchev–Trinajstić information content (AvgIpc) is 3.70. The number of fused-ring (bicyclic) bond motifs is 2. The molecule has 8 unspecified atom stereocenters. The van der Waals surface area contributed by atoms with Gasteiger partial charge in [0.05, 0.1) is 34.2 Å². The number of ether oxygens (including phenoxy) is 2. The van der Waals surface area contributed by atoms with Crippen molar-refractivity contribution in [2.75, 3.05) is 13.6 Å². The van der Waals surface area contributed by atoms with Crippen LogP contribution in [0.1, 0.15) is 121 Å². The maximum Gasteiger partial charge on any atom is 0.243 e. The molecular formula is C41H67N3O4. The van der Waals surface area contributed by atoms with Crippen molar-refractivity contribution in [1.29, 1.82) is 0 Å². The molecule has 1 aromatic rings. The highest BCUT2D eigenvalue weighted by Crippen LogP contribution is 2.77. The van der Waals surface area contributed by atoms with Crippen LogP contribution in [0.4, 0.5) is 0 Å². The fourth-order valence-corrected chi connectivity index (χ4v) is 10.6. The predicted molar refractivity (Wildman–Crippen MR) is 193 cm³/mol. The van der Waals surface area contributed by atoms with Crippen LogP contribution in [0.15, 0.2) is 30.3 Å². The Balaban J connectivity index is 1.33. The van der Waals surface area contributed by atoms with Gasteiger partial charge in [-0.15, -0.1) is 0 Å². The molecule has 48 heavy (non-hydrogen) atoms. The third kappa shape index (κ3) is 6.38. The van der Waals surface area contributed by atoms with E-state index in [0.29, 0.717) is 36.6 Å². The molecule has 4 saturated carbocycles. The number of benzene rings is 1. The lowest BCUT2D eigenvalue weighted by molar-refractivity contribution is -0.162. The van der Waals surface area contributed by atoms with Crippen LogP contribution in [0.3, 0.4) is 0 Å². The summed E-state index contributed by atoms with van der Waals surface area (Å²) in [4.78, 5) is 29.0. The molecule has 0 spiro atoms. The largest absolute Gasteiger partial charge is 0.371 e. The van der Waals surface area contributed by atoms with Crippen LogP contribution in [0.25, 0.3) is 0 Å². The van der Waals surface area contributed by atoms with Crippen molar-refractivity contribution in [2.45, 2.75) is 151 Å². The monoisotopic (exact) mass is 666 g/mol. The van der Waals surface area contributed by atoms with Crippen LogP contribution in [0.5, 0.6) is 0 Å². The topological polar surface area (TPSA) is 79.9 Å². The first kappa shape index (κ1) is 37.3. The van der Waals surface area contributed by atoms with Gasteiger partial charge in [-0.3, -0.25) is 15.0 Å². The first-order chi connectivity index (χ1) is 22.1. The molecule has 5 rings (SSSR count). The second kappa shape index (κ2) is 12.7. The van der Waals surface area contributed by atoms with Gasteiger partial charge in [0, 0.05) is 19.6 Å². The van der Waals surface area contributed by atoms with Crippen LogP contribution in [-0.4, -0.2) is 59.9 Å². The molecule has 0 heterocycles. The zero-order chi connectivity index (χ0) is 35.7. The minimum atomic E-state index is -0.546. The van der Waals surface area contributed by atoms with Crippen molar-refractivity contribution in [3.8, 4) is 0 Å². The highest BCUT2D eigenvalue weighted by molar-refractivity contribution is 5.89. The van der Waals surface area contributed by atoms with E-state index in [4.69, 9.17) is 9.47 Å². The van der Waals surface area contributed by atoms with E-state index in [2.05, 4.69) is 118 Å². The minimum absolute atomic E-state index is 0.0734. The molecule has 9 atom stereocenters. The molecule has 0 bridgehead atoms. The van der Waals surface area contributed by atoms with E-state index in [9.17, 15) is 9.59 Å². The number of amides is 2. The van der Waals surface area contributed by atoms with Crippen molar-refractivity contribution < 1.29 is 19.1 Å². The Morgan fingerprint density at radius 3 is 1.71 bits per heavy atom. The molecule has 4 aliphatic carbocycles. The molecule has 1 aromatic carbocycles. The Hall–Kier alpha value is -1.96. The Kier molecular flexibility index (Phi) is 9.84. The normalized spacial score (nSPS) is 35.6. The standard InChI is InChI=1S/C41H67N3O4/c1-26-19-21-30-38(9,10)40(30,32(26)47-36(3,4)5)34(45)42-29(25-28-17-15-14-16-18-28)23-24-44(13)43-35(46)41-31(39(41,11)12)22-20-27(2)33(41)48-37(6,7)8/h14-18,26-27,29-33H,19-25H2,1-13H3,(H,42,45)(H,43,46)/t26?,27?,29-,30?,31?,32?,33?,40?,41?/m1/s1. The van der Waals surface area contributed by atoms with Crippen molar-refractivity contribution >= 4 is 11.8 Å². The minimum Gasteiger partial charge on any atom is -0.371 e. The van der Waals surface area contributed by atoms with Gasteiger partial charge in [0.15, 0.2) is 0 Å². The summed E-state index contributed by atoms with van der Waals surface area (Å²) in [6.45, 7) is 26.7. The molecule has 0 radical (unpaired) electrons. The second-order valence-electron chi connectivity index (χ2n) is 19.2. The lowest BCUT2D eigenvalue weighted by atomic mass is 9.76. The molecule has 270 valence electrons. The van der Waals surface area contributed by atoms with E-state index >= 15 is 0 Å². The highest BCUT2D eigenvalue weighted by Gasteiger charge is 2.81. The van der Waals surface area contributed by atoms with Crippen LogP contribution in [-0.2, 0) is 25.5 Å². The van der Waals surface area contributed by atoms with Gasteiger partial charge in [-0.05, 0) is 120 Å². The van der Waals surface area contributed by atoms with Crippen LogP contribution >= 0.6 is 0 Å². The first-order valence-electron chi connectivity index (χ1n) is 18.8. The SMILES string of the molecule is CC1CCC2C(C)(C)C2(C(=O)N[C@H](CCN(C)NC(=O)C23C(OC(C)(C)C)C(C)CCC2C3(C)C)Cc2ccccc2)C1OC(C)(C)C. The van der Waals surface area contributed by atoms with Crippen LogP contribution in [0.2, 0.25) is 0 Å². The number of hydrogen-bond donors (Lipinski definition) is 2. The molecule has 0 saturated heterocycles. The van der Waals surface area contributed by atoms with E-state index in [0.717, 1.165) is 32.1 Å². The Morgan fingerprint density at radius 2 is 1.25 bits per heavy atom. The summed E-state index contributed by atoms with van der Waals surface area (Å²) in [5.41, 5.74) is 2.49. The van der Waals surface area contributed by atoms with Gasteiger partial charge >= 0.3 is 0 Å². The first-order valence-corrected chi connectivity index (χ1v) is 18.8. The Bertz CT molecular complexity index is 1330. The number of carbonyl (C=O) groups is 2. The van der Waals surface area contributed by atoms with Crippen molar-refractivity contribution in [2.24, 2.45) is 45.3 Å². The van der Waals surface area contributed by atoms with Gasteiger partial charge in [-0.1, -0.05) is 71.9 Å². The lowest BCUT2D eigenvalue weighted by Gasteiger charge is -2.41. The summed E-state index contributed by atoms with van der Waals surface area (Å²) >= 11 is 0. The molecular weight excluding hydrogens is 598 g/mol. The summed E-state index contributed by atoms with van der Waals surface area (Å²) in [5, 5.41) is 5.51. The molecule has 7 nitrogen and oxygen atoms in total. The smallest absolute Gasteiger partial charge is 0.243 e. The number of carbonyl (C=O) groups excluding carboxylic acids is 2. The maximum atomic E-state index is 14.7. The highest BCUT2D eigenvalue weighted by atomic mass is 16.5. The quantitative estimate of drug-likeness (QED) is 0.238. The van der Waals surface area contributed by atoms with E-state index in [-0.39, 0.29) is 52.1 Å². The fraction of sp³-hybridized carbons (Fsp3) is 0.805. The molecule has 4 fully saturated rings. The van der Waals surface area contributed by atoms with Gasteiger partial charge in [0.2, 0.25) is 11.8 Å². The summed E-state index contributed by atoms with van der Waals surface area (Å²) < 4.78 is 13.4. The molecule has 0 aromatic heterocycles. The van der Waals surface area contributed by atoms with E-state index in [1.807, 2.05) is 18.1 Å². The van der Waals surface area contributed by atoms with Gasteiger partial charge in [0.1, 0.15) is 0 Å². The van der Waals surface area contributed by atoms with Gasteiger partial charge in [-0.2, -0.15) is 0 Å². The van der Waals surface area contributed by atoms with E-state index in [1.165, 1.54) is 5.56 Å². The molecule has 7 heteroatoms. The Labute approximate surface area is 292 Å². The van der Waals surface area contributed by atoms with Gasteiger partial charge in [-0.25, -0.2) is 5.01 Å². The van der Waals surface area contributed by atoms with E-state index < -0.39 is 10.8 Å². The summed E-state index contributed by atoms with van der Waals surface area (Å²) in [5.74, 6) is 1.44. The number of nitrogens with one attached hydrogen (secondary N) is 2. The number of hydrazine groups is 1. The number of rotatable bonds is 11. The second-order valence-corrected chi connectivity index (χ2v) is 19.2.